The van der Waals surface area contributed by atoms with Crippen LogP contribution < -0.4 is 4.72 Å². The SMILES string of the molecule is COC(=O)c1ccccc1S(=O)(=O)Nc1ccsc1. The standard InChI is InChI=1S/C12H11NO4S2/c1-17-12(14)10-4-2-3-5-11(10)19(15,16)13-9-6-7-18-8-9/h2-8,13H,1H3. The van der Waals surface area contributed by atoms with E-state index >= 15 is 0 Å². The van der Waals surface area contributed by atoms with E-state index in [2.05, 4.69) is 9.46 Å². The lowest BCUT2D eigenvalue weighted by Gasteiger charge is -2.09. The Kier molecular flexibility index (Phi) is 3.87. The van der Waals surface area contributed by atoms with Crippen LogP contribution >= 0.6 is 11.3 Å². The summed E-state index contributed by atoms with van der Waals surface area (Å²) in [5.74, 6) is -0.689. The van der Waals surface area contributed by atoms with Crippen LogP contribution in [0.15, 0.2) is 46.0 Å². The molecule has 1 aromatic heterocycles. The summed E-state index contributed by atoms with van der Waals surface area (Å²) < 4.78 is 31.4. The molecule has 0 amide bonds. The monoisotopic (exact) mass is 297 g/mol. The Labute approximate surface area is 114 Å². The van der Waals surface area contributed by atoms with E-state index in [4.69, 9.17) is 0 Å². The quantitative estimate of drug-likeness (QED) is 0.879. The number of rotatable bonds is 4. The second kappa shape index (κ2) is 5.41. The van der Waals surface area contributed by atoms with Crippen LogP contribution in [0.3, 0.4) is 0 Å². The molecule has 19 heavy (non-hydrogen) atoms. The van der Waals surface area contributed by atoms with Crippen molar-refractivity contribution in [3.05, 3.63) is 46.7 Å². The fraction of sp³-hybridized carbons (Fsp3) is 0.0833. The third-order valence-electron chi connectivity index (χ3n) is 2.36. The molecule has 2 rings (SSSR count). The number of carbonyl (C=O) groups excluding carboxylic acids is 1. The molecule has 100 valence electrons. The molecule has 0 atom stereocenters. The molecule has 0 fully saturated rings. The number of nitrogens with one attached hydrogen (secondary N) is 1. The maximum absolute atomic E-state index is 12.2. The minimum atomic E-state index is -3.81. The molecular weight excluding hydrogens is 286 g/mol. The van der Waals surface area contributed by atoms with E-state index < -0.39 is 16.0 Å². The van der Waals surface area contributed by atoms with Crippen molar-refractivity contribution in [1.29, 1.82) is 0 Å². The fourth-order valence-electron chi connectivity index (χ4n) is 1.51. The molecule has 2 aromatic rings. The number of sulfonamides is 1. The summed E-state index contributed by atoms with van der Waals surface area (Å²) in [5.41, 5.74) is 0.470. The van der Waals surface area contributed by atoms with Gasteiger partial charge in [-0.25, -0.2) is 13.2 Å². The van der Waals surface area contributed by atoms with Crippen molar-refractivity contribution in [1.82, 2.24) is 0 Å². The number of methoxy groups -OCH3 is 1. The van der Waals surface area contributed by atoms with Crippen LogP contribution in [0.25, 0.3) is 0 Å². The Bertz CT molecular complexity index is 678. The largest absolute Gasteiger partial charge is 0.465 e. The lowest BCUT2D eigenvalue weighted by molar-refractivity contribution is 0.0596. The van der Waals surface area contributed by atoms with Crippen molar-refractivity contribution >= 4 is 33.0 Å². The van der Waals surface area contributed by atoms with Gasteiger partial charge in [-0.3, -0.25) is 4.72 Å². The minimum absolute atomic E-state index is 0.00716. The number of esters is 1. The van der Waals surface area contributed by atoms with Gasteiger partial charge >= 0.3 is 5.97 Å². The van der Waals surface area contributed by atoms with Crippen LogP contribution in [-0.4, -0.2) is 21.5 Å². The molecule has 0 saturated carbocycles. The van der Waals surface area contributed by atoms with Crippen molar-refractivity contribution in [3.63, 3.8) is 0 Å². The molecule has 1 N–H and O–H groups in total. The Morgan fingerprint density at radius 3 is 2.63 bits per heavy atom. The summed E-state index contributed by atoms with van der Waals surface area (Å²) in [6.45, 7) is 0. The first-order valence-electron chi connectivity index (χ1n) is 5.27. The van der Waals surface area contributed by atoms with Crippen LogP contribution in [-0.2, 0) is 14.8 Å². The summed E-state index contributed by atoms with van der Waals surface area (Å²) in [4.78, 5) is 11.5. The van der Waals surface area contributed by atoms with Gasteiger partial charge in [-0.05, 0) is 23.6 Å². The van der Waals surface area contributed by atoms with Crippen LogP contribution in [0.5, 0.6) is 0 Å². The predicted octanol–water partition coefficient (Wildman–Crippen LogP) is 2.34. The summed E-state index contributed by atoms with van der Waals surface area (Å²) in [6, 6.07) is 7.54. The maximum Gasteiger partial charge on any atom is 0.339 e. The van der Waals surface area contributed by atoms with E-state index in [0.717, 1.165) is 0 Å². The first-order valence-corrected chi connectivity index (χ1v) is 7.69. The van der Waals surface area contributed by atoms with Gasteiger partial charge in [0.15, 0.2) is 0 Å². The lowest BCUT2D eigenvalue weighted by Crippen LogP contribution is -2.17. The Morgan fingerprint density at radius 1 is 1.26 bits per heavy atom. The number of anilines is 1. The number of carbonyl (C=O) groups is 1. The zero-order chi connectivity index (χ0) is 13.9. The zero-order valence-corrected chi connectivity index (χ0v) is 11.6. The molecule has 7 heteroatoms. The summed E-state index contributed by atoms with van der Waals surface area (Å²) in [7, 11) is -2.61. The van der Waals surface area contributed by atoms with Gasteiger partial charge in [0.2, 0.25) is 0 Å². The topological polar surface area (TPSA) is 72.5 Å². The highest BCUT2D eigenvalue weighted by Gasteiger charge is 2.22. The molecule has 0 radical (unpaired) electrons. The molecule has 0 aliphatic carbocycles. The molecule has 0 spiro atoms. The van der Waals surface area contributed by atoms with Crippen LogP contribution in [0.2, 0.25) is 0 Å². The summed E-state index contributed by atoms with van der Waals surface area (Å²) in [5, 5.41) is 3.42. The van der Waals surface area contributed by atoms with Gasteiger partial charge in [0.25, 0.3) is 10.0 Å². The molecule has 0 saturated heterocycles. The minimum Gasteiger partial charge on any atom is -0.465 e. The second-order valence-electron chi connectivity index (χ2n) is 3.61. The van der Waals surface area contributed by atoms with Crippen molar-refractivity contribution in [2.75, 3.05) is 11.8 Å². The van der Waals surface area contributed by atoms with E-state index in [0.29, 0.717) is 5.69 Å². The van der Waals surface area contributed by atoms with Gasteiger partial charge in [-0.2, -0.15) is 11.3 Å². The van der Waals surface area contributed by atoms with Gasteiger partial charge in [-0.15, -0.1) is 0 Å². The third kappa shape index (κ3) is 2.94. The van der Waals surface area contributed by atoms with Crippen LogP contribution in [0.4, 0.5) is 5.69 Å². The molecule has 0 aliphatic rings. The Morgan fingerprint density at radius 2 is 2.00 bits per heavy atom. The molecule has 0 unspecified atom stereocenters. The molecule has 0 bridgehead atoms. The number of hydrogen-bond acceptors (Lipinski definition) is 5. The lowest BCUT2D eigenvalue weighted by atomic mass is 10.2. The van der Waals surface area contributed by atoms with E-state index in [1.54, 1.807) is 29.0 Å². The number of ether oxygens (including phenoxy) is 1. The third-order valence-corrected chi connectivity index (χ3v) is 4.48. The van der Waals surface area contributed by atoms with Gasteiger partial charge in [-0.1, -0.05) is 12.1 Å². The Balaban J connectivity index is 2.43. The first-order chi connectivity index (χ1) is 9.04. The summed E-state index contributed by atoms with van der Waals surface area (Å²) in [6.07, 6.45) is 0. The van der Waals surface area contributed by atoms with E-state index in [-0.39, 0.29) is 10.5 Å². The highest BCUT2D eigenvalue weighted by Crippen LogP contribution is 2.21. The van der Waals surface area contributed by atoms with Crippen LogP contribution in [0.1, 0.15) is 10.4 Å². The number of hydrogen-bond donors (Lipinski definition) is 1. The molecule has 1 heterocycles. The highest BCUT2D eigenvalue weighted by atomic mass is 32.2. The number of thiophene rings is 1. The Hall–Kier alpha value is -1.86. The van der Waals surface area contributed by atoms with Gasteiger partial charge < -0.3 is 4.74 Å². The smallest absolute Gasteiger partial charge is 0.339 e. The fourth-order valence-corrected chi connectivity index (χ4v) is 3.42. The van der Waals surface area contributed by atoms with Crippen molar-refractivity contribution in [2.24, 2.45) is 0 Å². The van der Waals surface area contributed by atoms with E-state index in [1.165, 1.54) is 30.6 Å². The van der Waals surface area contributed by atoms with Crippen molar-refractivity contribution < 1.29 is 17.9 Å². The predicted molar refractivity (Wildman–Crippen MR) is 72.9 cm³/mol. The van der Waals surface area contributed by atoms with Gasteiger partial charge in [0.05, 0.1) is 18.4 Å². The van der Waals surface area contributed by atoms with Crippen molar-refractivity contribution in [3.8, 4) is 0 Å². The first kappa shape index (κ1) is 13.6. The second-order valence-corrected chi connectivity index (χ2v) is 6.04. The van der Waals surface area contributed by atoms with Crippen LogP contribution in [0, 0.1) is 0 Å². The summed E-state index contributed by atoms with van der Waals surface area (Å²) >= 11 is 1.37. The zero-order valence-electron chi connectivity index (χ0n) is 9.99. The van der Waals surface area contributed by atoms with Gasteiger partial charge in [0.1, 0.15) is 4.90 Å². The average Bonchev–Trinajstić information content (AvgIpc) is 2.90. The maximum atomic E-state index is 12.2. The van der Waals surface area contributed by atoms with Crippen molar-refractivity contribution in [2.45, 2.75) is 4.90 Å². The normalized spacial score (nSPS) is 11.0. The molecular formula is C12H11NO4S2. The highest BCUT2D eigenvalue weighted by molar-refractivity contribution is 7.92. The average molecular weight is 297 g/mol. The molecule has 5 nitrogen and oxygen atoms in total. The van der Waals surface area contributed by atoms with E-state index in [9.17, 15) is 13.2 Å². The molecule has 1 aromatic carbocycles. The number of benzene rings is 1. The van der Waals surface area contributed by atoms with Gasteiger partial charge in [0, 0.05) is 5.38 Å². The van der Waals surface area contributed by atoms with E-state index in [1.807, 2.05) is 0 Å². The molecule has 0 aliphatic heterocycles.